The minimum absolute atomic E-state index is 0.0638. The first-order valence-electron chi connectivity index (χ1n) is 6.54. The van der Waals surface area contributed by atoms with Gasteiger partial charge in [-0.2, -0.15) is 0 Å². The van der Waals surface area contributed by atoms with Crippen LogP contribution in [0.3, 0.4) is 0 Å². The maximum Gasteiger partial charge on any atom is 0.243 e. The number of nitrogens with two attached hydrogens (primary N) is 1. The van der Waals surface area contributed by atoms with Gasteiger partial charge in [-0.1, -0.05) is 0 Å². The summed E-state index contributed by atoms with van der Waals surface area (Å²) < 4.78 is 52.1. The number of halogens is 2. The van der Waals surface area contributed by atoms with Crippen LogP contribution in [-0.2, 0) is 10.0 Å². The number of nitrogens with zero attached hydrogens (tertiary/aromatic N) is 1. The Labute approximate surface area is 128 Å². The molecule has 22 heavy (non-hydrogen) atoms. The molecule has 4 N–H and O–H groups in total. The fourth-order valence-electron chi connectivity index (χ4n) is 1.55. The molecular weight excluding hydrogens is 314 g/mol. The van der Waals surface area contributed by atoms with E-state index >= 15 is 0 Å². The lowest BCUT2D eigenvalue weighted by Gasteiger charge is -2.20. The predicted octanol–water partition coefficient (Wildman–Crippen LogP) is 0.946. The molecule has 0 aliphatic carbocycles. The molecule has 0 aromatic heterocycles. The van der Waals surface area contributed by atoms with E-state index in [1.807, 2.05) is 20.8 Å². The molecule has 1 aromatic carbocycles. The van der Waals surface area contributed by atoms with Gasteiger partial charge in [-0.05, 0) is 32.9 Å². The van der Waals surface area contributed by atoms with E-state index in [-0.39, 0.29) is 24.6 Å². The molecule has 0 bridgehead atoms. The van der Waals surface area contributed by atoms with Crippen molar-refractivity contribution >= 4 is 16.0 Å². The zero-order valence-electron chi connectivity index (χ0n) is 12.7. The van der Waals surface area contributed by atoms with E-state index in [0.717, 1.165) is 12.1 Å². The van der Waals surface area contributed by atoms with E-state index in [0.29, 0.717) is 6.07 Å². The Morgan fingerprint density at radius 1 is 1.32 bits per heavy atom. The summed E-state index contributed by atoms with van der Waals surface area (Å²) in [5.74, 6) is -1.81. The van der Waals surface area contributed by atoms with E-state index in [4.69, 9.17) is 5.73 Å². The zero-order valence-corrected chi connectivity index (χ0v) is 13.5. The molecule has 1 aromatic rings. The van der Waals surface area contributed by atoms with Crippen molar-refractivity contribution in [1.29, 1.82) is 0 Å². The molecule has 0 atom stereocenters. The number of benzene rings is 1. The van der Waals surface area contributed by atoms with E-state index < -0.39 is 26.6 Å². The van der Waals surface area contributed by atoms with Gasteiger partial charge in [-0.25, -0.2) is 21.9 Å². The highest BCUT2D eigenvalue weighted by molar-refractivity contribution is 7.89. The third kappa shape index (κ3) is 5.94. The van der Waals surface area contributed by atoms with Crippen molar-refractivity contribution in [2.45, 2.75) is 31.2 Å². The van der Waals surface area contributed by atoms with E-state index in [1.165, 1.54) is 0 Å². The Hall–Kier alpha value is -1.74. The first kappa shape index (κ1) is 18.3. The monoisotopic (exact) mass is 334 g/mol. The van der Waals surface area contributed by atoms with Gasteiger partial charge in [0.1, 0.15) is 16.5 Å². The first-order valence-corrected chi connectivity index (χ1v) is 8.02. The van der Waals surface area contributed by atoms with Crippen LogP contribution in [0.5, 0.6) is 0 Å². The predicted molar refractivity (Wildman–Crippen MR) is 80.9 cm³/mol. The number of hydrogen-bond donors (Lipinski definition) is 3. The van der Waals surface area contributed by atoms with Gasteiger partial charge in [0.05, 0.1) is 6.54 Å². The van der Waals surface area contributed by atoms with Crippen molar-refractivity contribution < 1.29 is 17.2 Å². The van der Waals surface area contributed by atoms with Crippen LogP contribution in [0.15, 0.2) is 28.1 Å². The van der Waals surface area contributed by atoms with Gasteiger partial charge >= 0.3 is 0 Å². The number of sulfonamides is 1. The molecule has 0 aliphatic rings. The van der Waals surface area contributed by atoms with Crippen LogP contribution >= 0.6 is 0 Å². The highest BCUT2D eigenvalue weighted by Gasteiger charge is 2.18. The van der Waals surface area contributed by atoms with E-state index in [9.17, 15) is 17.2 Å². The molecule has 0 amide bonds. The van der Waals surface area contributed by atoms with Crippen LogP contribution in [-0.4, -0.2) is 33.0 Å². The normalized spacial score (nSPS) is 13.2. The van der Waals surface area contributed by atoms with Gasteiger partial charge in [-0.15, -0.1) is 0 Å². The van der Waals surface area contributed by atoms with Gasteiger partial charge in [0.25, 0.3) is 0 Å². The molecule has 0 saturated carbocycles. The van der Waals surface area contributed by atoms with Crippen LogP contribution in [0.25, 0.3) is 0 Å². The summed E-state index contributed by atoms with van der Waals surface area (Å²) in [5.41, 5.74) is 5.36. The maximum absolute atomic E-state index is 13.5. The largest absolute Gasteiger partial charge is 0.370 e. The summed E-state index contributed by atoms with van der Waals surface area (Å²) in [7, 11) is -4.06. The second-order valence-corrected chi connectivity index (χ2v) is 7.35. The van der Waals surface area contributed by atoms with Gasteiger partial charge in [0.15, 0.2) is 5.96 Å². The highest BCUT2D eigenvalue weighted by Crippen LogP contribution is 2.14. The second kappa shape index (κ2) is 7.01. The van der Waals surface area contributed by atoms with Crippen molar-refractivity contribution in [1.82, 2.24) is 10.0 Å². The molecule has 1 rings (SSSR count). The lowest BCUT2D eigenvalue weighted by molar-refractivity contribution is 0.508. The molecular formula is C13H20F2N4O2S. The quantitative estimate of drug-likeness (QED) is 0.424. The minimum atomic E-state index is -4.06. The van der Waals surface area contributed by atoms with E-state index in [1.54, 1.807) is 0 Å². The summed E-state index contributed by atoms with van der Waals surface area (Å²) in [4.78, 5) is 3.33. The number of rotatable bonds is 5. The van der Waals surface area contributed by atoms with Crippen molar-refractivity contribution in [2.24, 2.45) is 10.7 Å². The Bertz CT molecular complexity index is 654. The number of nitrogens with one attached hydrogen (secondary N) is 2. The van der Waals surface area contributed by atoms with Crippen LogP contribution in [0.4, 0.5) is 8.78 Å². The molecule has 9 heteroatoms. The Morgan fingerprint density at radius 3 is 2.50 bits per heavy atom. The highest BCUT2D eigenvalue weighted by atomic mass is 32.2. The Kier molecular flexibility index (Phi) is 5.84. The average Bonchev–Trinajstić information content (AvgIpc) is 2.32. The van der Waals surface area contributed by atoms with Crippen LogP contribution < -0.4 is 15.8 Å². The molecule has 0 spiro atoms. The van der Waals surface area contributed by atoms with Crippen LogP contribution in [0, 0.1) is 11.6 Å². The number of guanidine groups is 1. The lowest BCUT2D eigenvalue weighted by Crippen LogP contribution is -2.45. The van der Waals surface area contributed by atoms with Crippen molar-refractivity contribution in [3.05, 3.63) is 29.8 Å². The summed E-state index contributed by atoms with van der Waals surface area (Å²) in [5, 5.41) is 2.91. The van der Waals surface area contributed by atoms with E-state index in [2.05, 4.69) is 15.0 Å². The molecule has 0 radical (unpaired) electrons. The average molecular weight is 334 g/mol. The van der Waals surface area contributed by atoms with Crippen LogP contribution in [0.2, 0.25) is 0 Å². The SMILES string of the molecule is CC(C)(C)NC(N)=NCCNS(=O)(=O)c1ccc(F)cc1F. The summed E-state index contributed by atoms with van der Waals surface area (Å²) in [6.07, 6.45) is 0. The molecule has 0 unspecified atom stereocenters. The summed E-state index contributed by atoms with van der Waals surface area (Å²) >= 11 is 0. The maximum atomic E-state index is 13.5. The van der Waals surface area contributed by atoms with Gasteiger partial charge in [0.2, 0.25) is 10.0 Å². The topological polar surface area (TPSA) is 96.6 Å². The first-order chi connectivity index (χ1) is 10.0. The molecule has 0 fully saturated rings. The van der Waals surface area contributed by atoms with Crippen molar-refractivity contribution in [3.63, 3.8) is 0 Å². The summed E-state index contributed by atoms with van der Waals surface area (Å²) in [6.45, 7) is 5.71. The molecule has 0 aliphatic heterocycles. The number of aliphatic imine (C=N–C) groups is 1. The fraction of sp³-hybridized carbons (Fsp3) is 0.462. The van der Waals surface area contributed by atoms with Gasteiger partial charge in [0, 0.05) is 18.2 Å². The molecule has 0 heterocycles. The van der Waals surface area contributed by atoms with Crippen molar-refractivity contribution in [2.75, 3.05) is 13.1 Å². The minimum Gasteiger partial charge on any atom is -0.370 e. The van der Waals surface area contributed by atoms with Crippen molar-refractivity contribution in [3.8, 4) is 0 Å². The van der Waals surface area contributed by atoms with Gasteiger partial charge < -0.3 is 11.1 Å². The molecule has 6 nitrogen and oxygen atoms in total. The fourth-order valence-corrected chi connectivity index (χ4v) is 2.63. The van der Waals surface area contributed by atoms with Gasteiger partial charge in [-0.3, -0.25) is 4.99 Å². The number of hydrogen-bond acceptors (Lipinski definition) is 3. The Morgan fingerprint density at radius 2 is 1.95 bits per heavy atom. The molecule has 124 valence electrons. The smallest absolute Gasteiger partial charge is 0.243 e. The van der Waals surface area contributed by atoms with Crippen LogP contribution in [0.1, 0.15) is 20.8 Å². The Balaban J connectivity index is 2.62. The molecule has 0 saturated heterocycles. The third-order valence-electron chi connectivity index (χ3n) is 2.37. The second-order valence-electron chi connectivity index (χ2n) is 5.61. The lowest BCUT2D eigenvalue weighted by atomic mass is 10.1. The standard InChI is InChI=1S/C13H20F2N4O2S/c1-13(2,3)19-12(16)17-6-7-18-22(20,21)11-5-4-9(14)8-10(11)15/h4-5,8,18H,6-7H2,1-3H3,(H3,16,17,19). The zero-order chi connectivity index (χ0) is 17.0. The summed E-state index contributed by atoms with van der Waals surface area (Å²) in [6, 6.07) is 2.25. The third-order valence-corrected chi connectivity index (χ3v) is 3.87.